The largest absolute Gasteiger partial charge is 0.310 e. The Balaban J connectivity index is 1.74. The van der Waals surface area contributed by atoms with Gasteiger partial charge in [-0.05, 0) is 59.9 Å². The van der Waals surface area contributed by atoms with Crippen molar-refractivity contribution in [2.75, 3.05) is 0 Å². The van der Waals surface area contributed by atoms with Gasteiger partial charge in [-0.15, -0.1) is 0 Å². The molecule has 4 rings (SSSR count). The minimum atomic E-state index is 0.324. The second-order valence-electron chi connectivity index (χ2n) is 10.0. The summed E-state index contributed by atoms with van der Waals surface area (Å²) in [6.45, 7) is 7.58. The van der Waals surface area contributed by atoms with Crippen LogP contribution in [0.4, 0.5) is 0 Å². The Bertz CT molecular complexity index is 1040. The van der Waals surface area contributed by atoms with Crippen molar-refractivity contribution in [3.8, 4) is 6.07 Å². The van der Waals surface area contributed by atoms with Crippen molar-refractivity contribution in [2.45, 2.75) is 90.6 Å². The first-order valence-electron chi connectivity index (χ1n) is 13.0. The lowest BCUT2D eigenvalue weighted by molar-refractivity contribution is 0.298. The van der Waals surface area contributed by atoms with Crippen molar-refractivity contribution < 1.29 is 0 Å². The van der Waals surface area contributed by atoms with E-state index in [9.17, 15) is 5.26 Å². The lowest BCUT2D eigenvalue weighted by atomic mass is 9.76. The monoisotopic (exact) mass is 476 g/mol. The van der Waals surface area contributed by atoms with Crippen molar-refractivity contribution in [2.24, 2.45) is 11.8 Å². The molecule has 1 saturated carbocycles. The van der Waals surface area contributed by atoms with Crippen LogP contribution in [0, 0.1) is 23.2 Å². The van der Waals surface area contributed by atoms with Gasteiger partial charge in [-0.25, -0.2) is 0 Å². The Morgan fingerprint density at radius 3 is 2.56 bits per heavy atom. The Morgan fingerprint density at radius 1 is 1.15 bits per heavy atom. The van der Waals surface area contributed by atoms with E-state index in [1.54, 1.807) is 6.20 Å². The lowest BCUT2D eigenvalue weighted by Crippen LogP contribution is -2.27. The number of allylic oxidation sites excluding steroid dienone is 2. The number of hydrogen-bond acceptors (Lipinski definition) is 4. The Labute approximate surface area is 209 Å². The van der Waals surface area contributed by atoms with Crippen LogP contribution in [-0.2, 0) is 6.54 Å². The fourth-order valence-corrected chi connectivity index (χ4v) is 6.16. The summed E-state index contributed by atoms with van der Waals surface area (Å²) in [5.41, 5.74) is 6.56. The number of fused-ring (bicyclic) bond motifs is 1. The van der Waals surface area contributed by atoms with Crippen molar-refractivity contribution in [3.63, 3.8) is 0 Å². The molecular formula is C29H37ClN4. The molecule has 0 amide bonds. The van der Waals surface area contributed by atoms with E-state index >= 15 is 0 Å². The van der Waals surface area contributed by atoms with E-state index < -0.39 is 0 Å². The van der Waals surface area contributed by atoms with Crippen LogP contribution < -0.4 is 5.32 Å². The quantitative estimate of drug-likeness (QED) is 0.427. The standard InChI is InChI=1S/C29H37ClN4/c1-4-23(5-2)32-16-20-10-11-28(33-17-20)26-15-25(21-8-6-7-9-21)19(3)29-27(24(26)12-13-31)14-22(30)18-34-29/h10-11,14,17-19,21,23,25,32H,4-9,12,15-16H2,1-3H3. The molecule has 0 saturated heterocycles. The maximum Gasteiger partial charge on any atom is 0.0670 e. The molecule has 2 aliphatic carbocycles. The second-order valence-corrected chi connectivity index (χ2v) is 10.5. The van der Waals surface area contributed by atoms with Gasteiger partial charge >= 0.3 is 0 Å². The summed E-state index contributed by atoms with van der Waals surface area (Å²) < 4.78 is 0. The van der Waals surface area contributed by atoms with Crippen molar-refractivity contribution in [3.05, 3.63) is 58.1 Å². The van der Waals surface area contributed by atoms with Crippen LogP contribution in [0.25, 0.3) is 11.1 Å². The maximum absolute atomic E-state index is 9.76. The number of pyridine rings is 2. The molecule has 0 aromatic carbocycles. The van der Waals surface area contributed by atoms with Crippen LogP contribution in [0.1, 0.15) is 101 Å². The molecule has 2 heterocycles. The van der Waals surface area contributed by atoms with Crippen LogP contribution in [0.5, 0.6) is 0 Å². The summed E-state index contributed by atoms with van der Waals surface area (Å²) >= 11 is 6.41. The third-order valence-corrected chi connectivity index (χ3v) is 8.27. The zero-order chi connectivity index (χ0) is 24.1. The summed E-state index contributed by atoms with van der Waals surface area (Å²) in [5, 5.41) is 14.0. The van der Waals surface area contributed by atoms with Crippen LogP contribution in [-0.4, -0.2) is 16.0 Å². The van der Waals surface area contributed by atoms with E-state index in [0.717, 1.165) is 48.3 Å². The van der Waals surface area contributed by atoms with Crippen LogP contribution >= 0.6 is 11.6 Å². The highest BCUT2D eigenvalue weighted by molar-refractivity contribution is 6.30. The van der Waals surface area contributed by atoms with E-state index in [1.807, 2.05) is 12.3 Å². The van der Waals surface area contributed by atoms with E-state index in [-0.39, 0.29) is 0 Å². The first-order valence-corrected chi connectivity index (χ1v) is 13.4. The third kappa shape index (κ3) is 5.37. The number of halogens is 1. The predicted octanol–water partition coefficient (Wildman–Crippen LogP) is 7.55. The first kappa shape index (κ1) is 24.9. The highest BCUT2D eigenvalue weighted by atomic mass is 35.5. The van der Waals surface area contributed by atoms with Gasteiger partial charge in [-0.1, -0.05) is 64.1 Å². The average Bonchev–Trinajstić information content (AvgIpc) is 3.36. The van der Waals surface area contributed by atoms with Crippen molar-refractivity contribution in [1.82, 2.24) is 15.3 Å². The fraction of sp³-hybridized carbons (Fsp3) is 0.552. The molecular weight excluding hydrogens is 440 g/mol. The summed E-state index contributed by atoms with van der Waals surface area (Å²) in [7, 11) is 0. The number of nitriles is 1. The molecule has 0 spiro atoms. The van der Waals surface area contributed by atoms with Gasteiger partial charge in [0.15, 0.2) is 0 Å². The highest BCUT2D eigenvalue weighted by Crippen LogP contribution is 2.49. The van der Waals surface area contributed by atoms with E-state index in [2.05, 4.69) is 44.3 Å². The van der Waals surface area contributed by atoms with Crippen molar-refractivity contribution >= 4 is 22.7 Å². The Kier molecular flexibility index (Phi) is 8.40. The molecule has 4 nitrogen and oxygen atoms in total. The summed E-state index contributed by atoms with van der Waals surface area (Å²) in [4.78, 5) is 9.74. The van der Waals surface area contributed by atoms with Gasteiger partial charge in [0.25, 0.3) is 0 Å². The second kappa shape index (κ2) is 11.5. The van der Waals surface area contributed by atoms with Gasteiger partial charge in [-0.2, -0.15) is 5.26 Å². The molecule has 1 N–H and O–H groups in total. The van der Waals surface area contributed by atoms with Crippen molar-refractivity contribution in [1.29, 1.82) is 5.26 Å². The van der Waals surface area contributed by atoms with Crippen LogP contribution in [0.3, 0.4) is 0 Å². The molecule has 34 heavy (non-hydrogen) atoms. The molecule has 2 aromatic heterocycles. The number of nitrogens with one attached hydrogen (secondary N) is 1. The Morgan fingerprint density at radius 2 is 1.91 bits per heavy atom. The summed E-state index contributed by atoms with van der Waals surface area (Å²) in [5.74, 6) is 1.52. The SMILES string of the molecule is CCC(CC)NCc1ccc(C2=C(CC#N)c3cc(Cl)cnc3C(C)C(C3CCCC3)C2)nc1. The zero-order valence-electron chi connectivity index (χ0n) is 20.8. The third-order valence-electron chi connectivity index (χ3n) is 8.06. The molecule has 1 fully saturated rings. The molecule has 0 radical (unpaired) electrons. The molecule has 0 aliphatic heterocycles. The van der Waals surface area contributed by atoms with Gasteiger partial charge < -0.3 is 5.32 Å². The fourth-order valence-electron chi connectivity index (χ4n) is 6.00. The number of rotatable bonds is 8. The lowest BCUT2D eigenvalue weighted by Gasteiger charge is -2.29. The minimum absolute atomic E-state index is 0.324. The van der Waals surface area contributed by atoms with Gasteiger partial charge in [0.2, 0.25) is 0 Å². The van der Waals surface area contributed by atoms with Gasteiger partial charge in [0.1, 0.15) is 0 Å². The molecule has 2 aromatic rings. The molecule has 5 heteroatoms. The number of aromatic nitrogens is 2. The Hall–Kier alpha value is -2.22. The minimum Gasteiger partial charge on any atom is -0.310 e. The molecule has 2 aliphatic rings. The normalized spacial score (nSPS) is 20.9. The zero-order valence-corrected chi connectivity index (χ0v) is 21.5. The summed E-state index contributed by atoms with van der Waals surface area (Å²) in [6, 6.07) is 9.30. The van der Waals surface area contributed by atoms with Gasteiger partial charge in [-0.3, -0.25) is 9.97 Å². The molecule has 2 unspecified atom stereocenters. The number of nitrogens with zero attached hydrogens (tertiary/aromatic N) is 3. The number of hydrogen-bond donors (Lipinski definition) is 1. The maximum atomic E-state index is 9.76. The molecule has 180 valence electrons. The van der Waals surface area contributed by atoms with E-state index in [4.69, 9.17) is 21.6 Å². The van der Waals surface area contributed by atoms with Gasteiger partial charge in [0.05, 0.1) is 28.9 Å². The topological polar surface area (TPSA) is 61.6 Å². The van der Waals surface area contributed by atoms with Gasteiger partial charge in [0, 0.05) is 36.5 Å². The van der Waals surface area contributed by atoms with Crippen LogP contribution in [0.2, 0.25) is 5.02 Å². The highest BCUT2D eigenvalue weighted by Gasteiger charge is 2.36. The smallest absolute Gasteiger partial charge is 0.0670 e. The molecule has 2 atom stereocenters. The molecule has 0 bridgehead atoms. The average molecular weight is 477 g/mol. The first-order chi connectivity index (χ1) is 16.5. The van der Waals surface area contributed by atoms with E-state index in [1.165, 1.54) is 36.8 Å². The van der Waals surface area contributed by atoms with Crippen LogP contribution in [0.15, 0.2) is 30.6 Å². The summed E-state index contributed by atoms with van der Waals surface area (Å²) in [6.07, 6.45) is 12.5. The predicted molar refractivity (Wildman–Crippen MR) is 140 cm³/mol. The van der Waals surface area contributed by atoms with E-state index in [0.29, 0.717) is 35.2 Å².